The summed E-state index contributed by atoms with van der Waals surface area (Å²) in [5, 5.41) is 3.63. The molecule has 0 aliphatic heterocycles. The van der Waals surface area contributed by atoms with Crippen LogP contribution < -0.4 is 5.32 Å². The average Bonchev–Trinajstić information content (AvgIpc) is 2.83. The van der Waals surface area contributed by atoms with E-state index < -0.39 is 0 Å². The van der Waals surface area contributed by atoms with Crippen molar-refractivity contribution in [1.82, 2.24) is 5.32 Å². The Balaban J connectivity index is 1.97. The van der Waals surface area contributed by atoms with E-state index in [0.29, 0.717) is 12.1 Å². The standard InChI is InChI=1S/C16H33NO/c1-3-5-6-7-8-9-14-18-16-12-10-11-15(16)17-13-4-2/h15-17H,3-14H2,1-2H3. The second-order valence-corrected chi connectivity index (χ2v) is 5.67. The van der Waals surface area contributed by atoms with E-state index in [4.69, 9.17) is 4.74 Å². The highest BCUT2D eigenvalue weighted by atomic mass is 16.5. The molecule has 1 aliphatic rings. The largest absolute Gasteiger partial charge is 0.377 e. The van der Waals surface area contributed by atoms with Crippen molar-refractivity contribution >= 4 is 0 Å². The number of nitrogens with one attached hydrogen (secondary N) is 1. The number of ether oxygens (including phenoxy) is 1. The lowest BCUT2D eigenvalue weighted by molar-refractivity contribution is 0.0376. The molecular weight excluding hydrogens is 222 g/mol. The van der Waals surface area contributed by atoms with Crippen molar-refractivity contribution in [1.29, 1.82) is 0 Å². The monoisotopic (exact) mass is 255 g/mol. The second kappa shape index (κ2) is 10.8. The van der Waals surface area contributed by atoms with Crippen molar-refractivity contribution in [3.8, 4) is 0 Å². The Hall–Kier alpha value is -0.0800. The highest BCUT2D eigenvalue weighted by Gasteiger charge is 2.26. The van der Waals surface area contributed by atoms with Gasteiger partial charge in [-0.1, -0.05) is 46.0 Å². The molecule has 0 saturated heterocycles. The van der Waals surface area contributed by atoms with Crippen LogP contribution in [0.4, 0.5) is 0 Å². The minimum Gasteiger partial charge on any atom is -0.377 e. The smallest absolute Gasteiger partial charge is 0.0728 e. The van der Waals surface area contributed by atoms with Gasteiger partial charge in [0.2, 0.25) is 0 Å². The molecule has 0 amide bonds. The maximum absolute atomic E-state index is 6.06. The first kappa shape index (κ1) is 16.0. The van der Waals surface area contributed by atoms with E-state index in [1.807, 2.05) is 0 Å². The molecule has 0 spiro atoms. The molecule has 108 valence electrons. The molecule has 2 nitrogen and oxygen atoms in total. The first-order valence-corrected chi connectivity index (χ1v) is 8.23. The van der Waals surface area contributed by atoms with Gasteiger partial charge in [0.1, 0.15) is 0 Å². The average molecular weight is 255 g/mol. The van der Waals surface area contributed by atoms with Crippen molar-refractivity contribution in [3.63, 3.8) is 0 Å². The van der Waals surface area contributed by atoms with Gasteiger partial charge in [-0.15, -0.1) is 0 Å². The SMILES string of the molecule is CCCCCCCCOC1CCCC1NCCC. The van der Waals surface area contributed by atoms with Crippen molar-refractivity contribution in [3.05, 3.63) is 0 Å². The van der Waals surface area contributed by atoms with Crippen LogP contribution in [-0.2, 0) is 4.74 Å². The van der Waals surface area contributed by atoms with Gasteiger partial charge < -0.3 is 10.1 Å². The Kier molecular flexibility index (Phi) is 9.59. The summed E-state index contributed by atoms with van der Waals surface area (Å²) in [6, 6.07) is 0.630. The van der Waals surface area contributed by atoms with E-state index >= 15 is 0 Å². The Morgan fingerprint density at radius 3 is 2.50 bits per heavy atom. The Morgan fingerprint density at radius 2 is 1.72 bits per heavy atom. The zero-order valence-electron chi connectivity index (χ0n) is 12.5. The van der Waals surface area contributed by atoms with Crippen LogP contribution in [0, 0.1) is 0 Å². The molecule has 0 aromatic carbocycles. The van der Waals surface area contributed by atoms with Crippen LogP contribution in [0.5, 0.6) is 0 Å². The first-order chi connectivity index (χ1) is 8.88. The maximum atomic E-state index is 6.06. The molecular formula is C16H33NO. The topological polar surface area (TPSA) is 21.3 Å². The van der Waals surface area contributed by atoms with E-state index in [0.717, 1.165) is 13.2 Å². The number of unbranched alkanes of at least 4 members (excludes halogenated alkanes) is 5. The second-order valence-electron chi connectivity index (χ2n) is 5.67. The van der Waals surface area contributed by atoms with Crippen molar-refractivity contribution < 1.29 is 4.74 Å². The van der Waals surface area contributed by atoms with Gasteiger partial charge >= 0.3 is 0 Å². The number of hydrogen-bond donors (Lipinski definition) is 1. The van der Waals surface area contributed by atoms with Gasteiger partial charge in [0, 0.05) is 12.6 Å². The summed E-state index contributed by atoms with van der Waals surface area (Å²) in [5.41, 5.74) is 0. The lowest BCUT2D eigenvalue weighted by atomic mass is 10.1. The zero-order valence-corrected chi connectivity index (χ0v) is 12.5. The molecule has 0 bridgehead atoms. The normalized spacial score (nSPS) is 23.7. The molecule has 1 saturated carbocycles. The highest BCUT2D eigenvalue weighted by Crippen LogP contribution is 2.22. The summed E-state index contributed by atoms with van der Waals surface area (Å²) in [6.45, 7) is 6.61. The lowest BCUT2D eigenvalue weighted by Gasteiger charge is -2.21. The van der Waals surface area contributed by atoms with Gasteiger partial charge in [0.15, 0.2) is 0 Å². The van der Waals surface area contributed by atoms with Crippen molar-refractivity contribution in [2.24, 2.45) is 0 Å². The van der Waals surface area contributed by atoms with E-state index in [2.05, 4.69) is 19.2 Å². The minimum absolute atomic E-state index is 0.493. The van der Waals surface area contributed by atoms with Crippen molar-refractivity contribution in [2.45, 2.75) is 90.2 Å². The van der Waals surface area contributed by atoms with Crippen LogP contribution in [-0.4, -0.2) is 25.3 Å². The first-order valence-electron chi connectivity index (χ1n) is 8.23. The molecule has 0 aromatic rings. The molecule has 0 radical (unpaired) electrons. The van der Waals surface area contributed by atoms with Gasteiger partial charge in [-0.05, 0) is 38.6 Å². The van der Waals surface area contributed by atoms with E-state index in [1.165, 1.54) is 64.2 Å². The minimum atomic E-state index is 0.493. The summed E-state index contributed by atoms with van der Waals surface area (Å²) < 4.78 is 6.06. The fraction of sp³-hybridized carbons (Fsp3) is 1.00. The summed E-state index contributed by atoms with van der Waals surface area (Å²) >= 11 is 0. The van der Waals surface area contributed by atoms with Gasteiger partial charge in [-0.25, -0.2) is 0 Å². The van der Waals surface area contributed by atoms with Crippen LogP contribution in [0.15, 0.2) is 0 Å². The Morgan fingerprint density at radius 1 is 0.944 bits per heavy atom. The van der Waals surface area contributed by atoms with Crippen LogP contribution in [0.2, 0.25) is 0 Å². The summed E-state index contributed by atoms with van der Waals surface area (Å²) in [6.07, 6.45) is 13.7. The molecule has 2 atom stereocenters. The molecule has 18 heavy (non-hydrogen) atoms. The number of hydrogen-bond acceptors (Lipinski definition) is 2. The van der Waals surface area contributed by atoms with Crippen LogP contribution in [0.3, 0.4) is 0 Å². The Labute approximate surface area is 114 Å². The van der Waals surface area contributed by atoms with E-state index in [1.54, 1.807) is 0 Å². The van der Waals surface area contributed by atoms with E-state index in [9.17, 15) is 0 Å². The highest BCUT2D eigenvalue weighted by molar-refractivity contribution is 4.83. The maximum Gasteiger partial charge on any atom is 0.0728 e. The molecule has 1 aliphatic carbocycles. The fourth-order valence-corrected chi connectivity index (χ4v) is 2.81. The zero-order chi connectivity index (χ0) is 13.1. The van der Waals surface area contributed by atoms with Crippen LogP contribution >= 0.6 is 0 Å². The Bertz CT molecular complexity index is 184. The van der Waals surface area contributed by atoms with Crippen LogP contribution in [0.1, 0.15) is 78.1 Å². The molecule has 0 aromatic heterocycles. The molecule has 1 fully saturated rings. The van der Waals surface area contributed by atoms with E-state index in [-0.39, 0.29) is 0 Å². The molecule has 2 heteroatoms. The third kappa shape index (κ3) is 6.75. The molecule has 1 rings (SSSR count). The summed E-state index contributed by atoms with van der Waals surface area (Å²) in [5.74, 6) is 0. The van der Waals surface area contributed by atoms with Gasteiger partial charge in [-0.3, -0.25) is 0 Å². The predicted molar refractivity (Wildman–Crippen MR) is 79.0 cm³/mol. The lowest BCUT2D eigenvalue weighted by Crippen LogP contribution is -2.37. The molecule has 1 N–H and O–H groups in total. The van der Waals surface area contributed by atoms with Gasteiger partial charge in [0.25, 0.3) is 0 Å². The predicted octanol–water partition coefficient (Wildman–Crippen LogP) is 4.28. The quantitative estimate of drug-likeness (QED) is 0.556. The fourth-order valence-electron chi connectivity index (χ4n) is 2.81. The van der Waals surface area contributed by atoms with Gasteiger partial charge in [0.05, 0.1) is 6.10 Å². The molecule has 0 heterocycles. The number of rotatable bonds is 11. The summed E-state index contributed by atoms with van der Waals surface area (Å²) in [7, 11) is 0. The third-order valence-corrected chi connectivity index (χ3v) is 3.94. The third-order valence-electron chi connectivity index (χ3n) is 3.94. The summed E-state index contributed by atoms with van der Waals surface area (Å²) in [4.78, 5) is 0. The molecule has 2 unspecified atom stereocenters. The van der Waals surface area contributed by atoms with Crippen molar-refractivity contribution in [2.75, 3.05) is 13.2 Å². The van der Waals surface area contributed by atoms with Gasteiger partial charge in [-0.2, -0.15) is 0 Å². The van der Waals surface area contributed by atoms with Crippen LogP contribution in [0.25, 0.3) is 0 Å².